The van der Waals surface area contributed by atoms with Gasteiger partial charge in [-0.1, -0.05) is 99.1 Å². The summed E-state index contributed by atoms with van der Waals surface area (Å²) in [6.45, 7) is 9.06. The summed E-state index contributed by atoms with van der Waals surface area (Å²) in [6.07, 6.45) is -0.752. The fraction of sp³-hybridized carbons (Fsp3) is 0.429. The number of fused-ring (bicyclic) bond motifs is 3. The van der Waals surface area contributed by atoms with Crippen molar-refractivity contribution in [3.8, 4) is 11.1 Å². The topological polar surface area (TPSA) is 102 Å². The van der Waals surface area contributed by atoms with Gasteiger partial charge < -0.3 is 20.3 Å². The molecule has 0 saturated carbocycles. The van der Waals surface area contributed by atoms with E-state index in [1.54, 1.807) is 20.8 Å². The van der Waals surface area contributed by atoms with Gasteiger partial charge >= 0.3 is 12.1 Å². The molecular formula is C35H44N2O5. The molecule has 0 radical (unpaired) electrons. The Morgan fingerprint density at radius 1 is 0.929 bits per heavy atom. The summed E-state index contributed by atoms with van der Waals surface area (Å²) in [5.41, 5.74) is 11.5. The fourth-order valence-electron chi connectivity index (χ4n) is 5.82. The number of hydrogen-bond acceptors (Lipinski definition) is 6. The first-order valence-electron chi connectivity index (χ1n) is 14.8. The molecule has 7 heteroatoms. The number of amides is 1. The summed E-state index contributed by atoms with van der Waals surface area (Å²) >= 11 is 0. The molecule has 42 heavy (non-hydrogen) atoms. The number of aliphatic hydroxyl groups is 1. The zero-order valence-corrected chi connectivity index (χ0v) is 25.3. The maximum Gasteiger partial charge on any atom is 0.411 e. The molecule has 224 valence electrons. The third-order valence-electron chi connectivity index (χ3n) is 8.09. The Balaban J connectivity index is 1.66. The van der Waals surface area contributed by atoms with Gasteiger partial charge in [-0.3, -0.25) is 9.69 Å². The third-order valence-corrected chi connectivity index (χ3v) is 8.09. The van der Waals surface area contributed by atoms with Gasteiger partial charge in [0.25, 0.3) is 0 Å². The van der Waals surface area contributed by atoms with Crippen molar-refractivity contribution in [3.05, 3.63) is 95.6 Å². The van der Waals surface area contributed by atoms with Gasteiger partial charge in [-0.15, -0.1) is 0 Å². The lowest BCUT2D eigenvalue weighted by molar-refractivity contribution is -0.165. The molecule has 0 fully saturated rings. The highest BCUT2D eigenvalue weighted by Crippen LogP contribution is 2.44. The number of esters is 1. The second-order valence-electron chi connectivity index (χ2n) is 12.2. The maximum atomic E-state index is 14.0. The van der Waals surface area contributed by atoms with Crippen LogP contribution in [0.1, 0.15) is 63.6 Å². The molecule has 0 saturated heterocycles. The van der Waals surface area contributed by atoms with Crippen LogP contribution in [0.4, 0.5) is 4.79 Å². The van der Waals surface area contributed by atoms with Crippen molar-refractivity contribution in [3.63, 3.8) is 0 Å². The highest BCUT2D eigenvalue weighted by Gasteiger charge is 2.42. The van der Waals surface area contributed by atoms with Crippen LogP contribution < -0.4 is 5.73 Å². The van der Waals surface area contributed by atoms with Gasteiger partial charge in [0.2, 0.25) is 0 Å². The van der Waals surface area contributed by atoms with E-state index in [2.05, 4.69) is 24.3 Å². The van der Waals surface area contributed by atoms with Crippen molar-refractivity contribution in [2.45, 2.75) is 71.2 Å². The minimum Gasteiger partial charge on any atom is -0.460 e. The molecule has 0 spiro atoms. The van der Waals surface area contributed by atoms with Crippen LogP contribution in [0.3, 0.4) is 0 Å². The van der Waals surface area contributed by atoms with E-state index in [1.165, 1.54) is 4.90 Å². The Bertz CT molecular complexity index is 1310. The molecule has 4 atom stereocenters. The van der Waals surface area contributed by atoms with Crippen molar-refractivity contribution in [1.82, 2.24) is 4.90 Å². The van der Waals surface area contributed by atoms with Crippen molar-refractivity contribution in [1.29, 1.82) is 0 Å². The zero-order chi connectivity index (χ0) is 30.4. The van der Waals surface area contributed by atoms with Gasteiger partial charge in [0.05, 0.1) is 24.7 Å². The zero-order valence-electron chi connectivity index (χ0n) is 25.3. The lowest BCUT2D eigenvalue weighted by atomic mass is 9.87. The molecule has 0 aliphatic heterocycles. The first kappa shape index (κ1) is 31.3. The van der Waals surface area contributed by atoms with Crippen molar-refractivity contribution < 1.29 is 24.2 Å². The minimum atomic E-state index is -1.08. The monoisotopic (exact) mass is 572 g/mol. The van der Waals surface area contributed by atoms with Crippen LogP contribution in [0.2, 0.25) is 0 Å². The molecule has 4 unspecified atom stereocenters. The molecule has 0 aromatic heterocycles. The summed E-state index contributed by atoms with van der Waals surface area (Å²) in [5.74, 6) is -1.62. The molecule has 1 amide bonds. The van der Waals surface area contributed by atoms with Gasteiger partial charge in [0, 0.05) is 5.92 Å². The summed E-state index contributed by atoms with van der Waals surface area (Å²) < 4.78 is 11.8. The fourth-order valence-corrected chi connectivity index (χ4v) is 5.82. The lowest BCUT2D eigenvalue weighted by Crippen LogP contribution is -2.60. The predicted octanol–water partition coefficient (Wildman–Crippen LogP) is 6.13. The van der Waals surface area contributed by atoms with Crippen LogP contribution in [0, 0.1) is 11.8 Å². The highest BCUT2D eigenvalue weighted by molar-refractivity contribution is 5.79. The molecule has 7 nitrogen and oxygen atoms in total. The number of rotatable bonds is 11. The number of carbonyl (C=O) groups is 2. The Morgan fingerprint density at radius 2 is 1.48 bits per heavy atom. The van der Waals surface area contributed by atoms with Crippen molar-refractivity contribution >= 4 is 12.1 Å². The minimum absolute atomic E-state index is 0.0972. The third kappa shape index (κ3) is 7.02. The van der Waals surface area contributed by atoms with Crippen LogP contribution in [0.15, 0.2) is 78.9 Å². The number of aliphatic hydroxyl groups excluding tert-OH is 1. The Kier molecular flexibility index (Phi) is 10.1. The predicted molar refractivity (Wildman–Crippen MR) is 165 cm³/mol. The second-order valence-corrected chi connectivity index (χ2v) is 12.2. The Morgan fingerprint density at radius 3 is 2.00 bits per heavy atom. The number of ether oxygens (including phenoxy) is 2. The largest absolute Gasteiger partial charge is 0.460 e. The number of benzene rings is 3. The Hall–Kier alpha value is -3.68. The standard InChI is InChI=1S/C35H44N2O5/c1-6-23(2)31(33(39)42-35(3,4)5)32(36)37(25(21-38)20-24-14-8-7-9-15-24)34(40)41-22-30-28-18-12-10-16-26(28)27-17-11-13-19-29(27)30/h7-19,23,25,30-32,38H,6,20-22,36H2,1-5H3. The molecular weight excluding hydrogens is 528 g/mol. The van der Waals surface area contributed by atoms with Gasteiger partial charge in [-0.25, -0.2) is 4.79 Å². The molecule has 3 aromatic carbocycles. The van der Waals surface area contributed by atoms with E-state index >= 15 is 0 Å². The Labute approximate surface area is 249 Å². The van der Waals surface area contributed by atoms with Crippen LogP contribution in [-0.2, 0) is 20.7 Å². The van der Waals surface area contributed by atoms with Crippen LogP contribution in [0.25, 0.3) is 11.1 Å². The van der Waals surface area contributed by atoms with Gasteiger partial charge in [-0.2, -0.15) is 0 Å². The van der Waals surface area contributed by atoms with Crippen LogP contribution in [-0.4, -0.2) is 53.1 Å². The maximum absolute atomic E-state index is 14.0. The number of hydrogen-bond donors (Lipinski definition) is 2. The molecule has 1 aliphatic rings. The van der Waals surface area contributed by atoms with Crippen LogP contribution in [0.5, 0.6) is 0 Å². The van der Waals surface area contributed by atoms with Gasteiger partial charge in [0.15, 0.2) is 0 Å². The average Bonchev–Trinajstić information content (AvgIpc) is 3.28. The van der Waals surface area contributed by atoms with E-state index in [0.29, 0.717) is 12.8 Å². The molecule has 0 bridgehead atoms. The highest BCUT2D eigenvalue weighted by atomic mass is 16.6. The van der Waals surface area contributed by atoms with Crippen molar-refractivity contribution in [2.24, 2.45) is 17.6 Å². The van der Waals surface area contributed by atoms with E-state index in [0.717, 1.165) is 27.8 Å². The number of nitrogens with zero attached hydrogens (tertiary/aromatic N) is 1. The summed E-state index contributed by atoms with van der Waals surface area (Å²) in [7, 11) is 0. The van der Waals surface area contributed by atoms with E-state index in [1.807, 2.05) is 68.4 Å². The molecule has 4 rings (SSSR count). The normalized spacial score (nSPS) is 15.6. The second kappa shape index (κ2) is 13.5. The summed E-state index contributed by atoms with van der Waals surface area (Å²) in [6, 6.07) is 25.1. The number of carbonyl (C=O) groups excluding carboxylic acids is 2. The van der Waals surface area contributed by atoms with Crippen molar-refractivity contribution in [2.75, 3.05) is 13.2 Å². The smallest absolute Gasteiger partial charge is 0.411 e. The molecule has 3 aromatic rings. The summed E-state index contributed by atoms with van der Waals surface area (Å²) in [5, 5.41) is 10.6. The van der Waals surface area contributed by atoms with Gasteiger partial charge in [0.1, 0.15) is 12.2 Å². The number of nitrogens with two attached hydrogens (primary N) is 1. The van der Waals surface area contributed by atoms with E-state index < -0.39 is 35.8 Å². The van der Waals surface area contributed by atoms with E-state index in [4.69, 9.17) is 15.2 Å². The molecule has 1 aliphatic carbocycles. The van der Waals surface area contributed by atoms with E-state index in [-0.39, 0.29) is 25.0 Å². The lowest BCUT2D eigenvalue weighted by Gasteiger charge is -2.40. The first-order valence-corrected chi connectivity index (χ1v) is 14.8. The first-order chi connectivity index (χ1) is 20.1. The molecule has 0 heterocycles. The summed E-state index contributed by atoms with van der Waals surface area (Å²) in [4.78, 5) is 28.9. The quantitative estimate of drug-likeness (QED) is 0.212. The average molecular weight is 573 g/mol. The SMILES string of the molecule is CCC(C)C(C(=O)OC(C)(C)C)C(N)N(C(=O)OCC1c2ccccc2-c2ccccc21)C(CO)Cc1ccccc1. The van der Waals surface area contributed by atoms with Crippen LogP contribution >= 0.6 is 0 Å². The van der Waals surface area contributed by atoms with Gasteiger partial charge in [-0.05, 0) is 60.9 Å². The molecule has 3 N–H and O–H groups in total. The van der Waals surface area contributed by atoms with E-state index in [9.17, 15) is 14.7 Å².